The zero-order valence-electron chi connectivity index (χ0n) is 7.31. The van der Waals surface area contributed by atoms with Gasteiger partial charge in [0.1, 0.15) is 0 Å². The fraction of sp³-hybridized carbons (Fsp3) is 0.143. The molecule has 0 unspecified atom stereocenters. The Bertz CT molecular complexity index is 497. The maximum Gasteiger partial charge on any atom is 0.244 e. The molecular formula is C7H5F4NO2S. The third kappa shape index (κ3) is 1.82. The van der Waals surface area contributed by atoms with Crippen LogP contribution < -0.4 is 5.14 Å². The lowest BCUT2D eigenvalue weighted by Crippen LogP contribution is -2.19. The predicted molar refractivity (Wildman–Crippen MR) is 42.4 cm³/mol. The van der Waals surface area contributed by atoms with Crippen LogP contribution in [0.2, 0.25) is 0 Å². The largest absolute Gasteiger partial charge is 0.244 e. The Morgan fingerprint density at radius 2 is 1.40 bits per heavy atom. The minimum Gasteiger partial charge on any atom is -0.224 e. The van der Waals surface area contributed by atoms with Gasteiger partial charge in [-0.05, 0) is 6.92 Å². The monoisotopic (exact) mass is 243 g/mol. The van der Waals surface area contributed by atoms with E-state index in [1.165, 1.54) is 0 Å². The van der Waals surface area contributed by atoms with Crippen molar-refractivity contribution in [2.24, 2.45) is 5.14 Å². The molecule has 0 spiro atoms. The molecule has 0 aliphatic carbocycles. The van der Waals surface area contributed by atoms with E-state index in [-0.39, 0.29) is 0 Å². The van der Waals surface area contributed by atoms with Gasteiger partial charge in [-0.1, -0.05) is 0 Å². The van der Waals surface area contributed by atoms with Crippen LogP contribution in [0.25, 0.3) is 0 Å². The van der Waals surface area contributed by atoms with Crippen LogP contribution in [0.3, 0.4) is 0 Å². The van der Waals surface area contributed by atoms with E-state index in [0.717, 1.165) is 6.92 Å². The quantitative estimate of drug-likeness (QED) is 0.457. The van der Waals surface area contributed by atoms with Gasteiger partial charge in [-0.2, -0.15) is 0 Å². The fourth-order valence-electron chi connectivity index (χ4n) is 0.973. The third-order valence-electron chi connectivity index (χ3n) is 1.73. The van der Waals surface area contributed by atoms with E-state index in [0.29, 0.717) is 0 Å². The zero-order chi connectivity index (χ0) is 12.0. The van der Waals surface area contributed by atoms with Crippen LogP contribution in [0.15, 0.2) is 4.90 Å². The van der Waals surface area contributed by atoms with Crippen LogP contribution in [-0.2, 0) is 10.0 Å². The molecule has 0 radical (unpaired) electrons. The molecule has 3 nitrogen and oxygen atoms in total. The molecule has 8 heteroatoms. The number of halogens is 4. The van der Waals surface area contributed by atoms with Crippen LogP contribution in [0.1, 0.15) is 5.56 Å². The highest BCUT2D eigenvalue weighted by Gasteiger charge is 2.29. The Morgan fingerprint density at radius 3 is 1.80 bits per heavy atom. The van der Waals surface area contributed by atoms with Crippen LogP contribution in [0.4, 0.5) is 17.6 Å². The molecule has 15 heavy (non-hydrogen) atoms. The number of hydrogen-bond donors (Lipinski definition) is 1. The van der Waals surface area contributed by atoms with Crippen LogP contribution >= 0.6 is 0 Å². The Balaban J connectivity index is 3.84. The van der Waals surface area contributed by atoms with Crippen molar-refractivity contribution in [1.29, 1.82) is 0 Å². The maximum atomic E-state index is 13.1. The highest BCUT2D eigenvalue weighted by molar-refractivity contribution is 7.89. The summed E-state index contributed by atoms with van der Waals surface area (Å²) in [5.41, 5.74) is -0.946. The standard InChI is InChI=1S/C7H5F4NO2S/c1-2-3(8)5(10)6(11)7(4(2)9)15(12,13)14/h1H3,(H2,12,13,14). The molecule has 0 atom stereocenters. The van der Waals surface area contributed by atoms with Gasteiger partial charge in [0, 0.05) is 5.56 Å². The first kappa shape index (κ1) is 11.9. The van der Waals surface area contributed by atoms with Crippen molar-refractivity contribution in [2.45, 2.75) is 11.8 Å². The van der Waals surface area contributed by atoms with Gasteiger partial charge in [-0.25, -0.2) is 31.1 Å². The summed E-state index contributed by atoms with van der Waals surface area (Å²) in [5.74, 6) is -7.73. The molecule has 0 heterocycles. The number of nitrogens with two attached hydrogens (primary N) is 1. The minimum absolute atomic E-state index is 0.766. The van der Waals surface area contributed by atoms with Gasteiger partial charge in [0.2, 0.25) is 10.0 Å². The van der Waals surface area contributed by atoms with Crippen molar-refractivity contribution in [1.82, 2.24) is 0 Å². The summed E-state index contributed by atoms with van der Waals surface area (Å²) < 4.78 is 72.8. The zero-order valence-corrected chi connectivity index (χ0v) is 8.13. The molecule has 1 aromatic rings. The SMILES string of the molecule is Cc1c(F)c(F)c(F)c(S(N)(=O)=O)c1F. The van der Waals surface area contributed by atoms with Gasteiger partial charge < -0.3 is 0 Å². The minimum atomic E-state index is -4.78. The average Bonchev–Trinajstić information content (AvgIpc) is 2.09. The first-order chi connectivity index (χ1) is 6.68. The lowest BCUT2D eigenvalue weighted by Gasteiger charge is -2.07. The first-order valence-corrected chi connectivity index (χ1v) is 5.08. The van der Waals surface area contributed by atoms with Gasteiger partial charge in [-0.3, -0.25) is 0 Å². The molecule has 1 aromatic carbocycles. The lowest BCUT2D eigenvalue weighted by atomic mass is 10.2. The van der Waals surface area contributed by atoms with E-state index in [2.05, 4.69) is 5.14 Å². The van der Waals surface area contributed by atoms with E-state index in [9.17, 15) is 26.0 Å². The van der Waals surface area contributed by atoms with E-state index >= 15 is 0 Å². The summed E-state index contributed by atoms with van der Waals surface area (Å²) in [5, 5.41) is 4.45. The number of primary sulfonamides is 1. The fourth-order valence-corrected chi connectivity index (χ4v) is 1.72. The van der Waals surface area contributed by atoms with Crippen molar-refractivity contribution >= 4 is 10.0 Å². The van der Waals surface area contributed by atoms with E-state index in [1.807, 2.05) is 0 Å². The van der Waals surface area contributed by atoms with Crippen molar-refractivity contribution in [3.8, 4) is 0 Å². The summed E-state index contributed by atoms with van der Waals surface area (Å²) >= 11 is 0. The molecule has 84 valence electrons. The van der Waals surface area contributed by atoms with Gasteiger partial charge in [-0.15, -0.1) is 0 Å². The van der Waals surface area contributed by atoms with Gasteiger partial charge in [0.05, 0.1) is 0 Å². The van der Waals surface area contributed by atoms with Crippen molar-refractivity contribution < 1.29 is 26.0 Å². The Kier molecular flexibility index (Phi) is 2.75. The second kappa shape index (κ2) is 3.46. The average molecular weight is 243 g/mol. The number of benzene rings is 1. The molecule has 0 amide bonds. The number of rotatable bonds is 1. The van der Waals surface area contributed by atoms with Crippen molar-refractivity contribution in [3.05, 3.63) is 28.8 Å². The van der Waals surface area contributed by atoms with Crippen LogP contribution in [0, 0.1) is 30.2 Å². The molecule has 0 bridgehead atoms. The van der Waals surface area contributed by atoms with Crippen molar-refractivity contribution in [2.75, 3.05) is 0 Å². The Morgan fingerprint density at radius 1 is 0.933 bits per heavy atom. The number of sulfonamides is 1. The summed E-state index contributed by atoms with van der Waals surface area (Å²) in [6.45, 7) is 0.766. The molecule has 0 fully saturated rings. The van der Waals surface area contributed by atoms with E-state index < -0.39 is 43.8 Å². The molecule has 0 saturated carbocycles. The Hall–Kier alpha value is -1.15. The predicted octanol–water partition coefficient (Wildman–Crippen LogP) is 1.20. The molecule has 0 aliphatic rings. The number of hydrogen-bond acceptors (Lipinski definition) is 2. The first-order valence-electron chi connectivity index (χ1n) is 3.53. The summed E-state index contributed by atoms with van der Waals surface area (Å²) in [7, 11) is -4.78. The third-order valence-corrected chi connectivity index (χ3v) is 2.65. The topological polar surface area (TPSA) is 60.2 Å². The summed E-state index contributed by atoms with van der Waals surface area (Å²) in [6.07, 6.45) is 0. The summed E-state index contributed by atoms with van der Waals surface area (Å²) in [6, 6.07) is 0. The lowest BCUT2D eigenvalue weighted by molar-refractivity contribution is 0.405. The molecule has 1 rings (SSSR count). The molecule has 0 saturated heterocycles. The molecule has 2 N–H and O–H groups in total. The molecule has 0 aliphatic heterocycles. The highest BCUT2D eigenvalue weighted by Crippen LogP contribution is 2.25. The normalized spacial score (nSPS) is 11.9. The van der Waals surface area contributed by atoms with Gasteiger partial charge >= 0.3 is 0 Å². The highest BCUT2D eigenvalue weighted by atomic mass is 32.2. The molecular weight excluding hydrogens is 238 g/mol. The summed E-state index contributed by atoms with van der Waals surface area (Å²) in [4.78, 5) is -1.67. The maximum absolute atomic E-state index is 13.1. The second-order valence-electron chi connectivity index (χ2n) is 2.76. The van der Waals surface area contributed by atoms with E-state index in [1.54, 1.807) is 0 Å². The van der Waals surface area contributed by atoms with E-state index in [4.69, 9.17) is 0 Å². The van der Waals surface area contributed by atoms with Crippen LogP contribution in [0.5, 0.6) is 0 Å². The van der Waals surface area contributed by atoms with Crippen LogP contribution in [-0.4, -0.2) is 8.42 Å². The molecule has 0 aromatic heterocycles. The Labute approximate surface area is 82.6 Å². The van der Waals surface area contributed by atoms with Gasteiger partial charge in [0.15, 0.2) is 28.2 Å². The second-order valence-corrected chi connectivity index (χ2v) is 4.25. The smallest absolute Gasteiger partial charge is 0.224 e. The van der Waals surface area contributed by atoms with Crippen molar-refractivity contribution in [3.63, 3.8) is 0 Å². The van der Waals surface area contributed by atoms with Gasteiger partial charge in [0.25, 0.3) is 0 Å².